The Bertz CT molecular complexity index is 954. The number of aromatic hydroxyl groups is 1. The molecular weight excluding hydrogens is 398 g/mol. The average molecular weight is 434 g/mol. The van der Waals surface area contributed by atoms with Gasteiger partial charge in [0.25, 0.3) is 5.91 Å². The highest BCUT2D eigenvalue weighted by molar-refractivity contribution is 5.94. The summed E-state index contributed by atoms with van der Waals surface area (Å²) < 4.78 is 0. The molecule has 1 N–H and O–H groups in total. The van der Waals surface area contributed by atoms with E-state index in [0.29, 0.717) is 18.1 Å². The second-order valence-electron chi connectivity index (χ2n) is 9.40. The minimum Gasteiger partial charge on any atom is -0.508 e. The van der Waals surface area contributed by atoms with Crippen molar-refractivity contribution >= 4 is 5.91 Å². The third kappa shape index (κ3) is 4.74. The van der Waals surface area contributed by atoms with Gasteiger partial charge in [0.15, 0.2) is 0 Å². The molecule has 1 aliphatic carbocycles. The van der Waals surface area contributed by atoms with Crippen LogP contribution in [0.5, 0.6) is 5.75 Å². The predicted molar refractivity (Wildman–Crippen MR) is 129 cm³/mol. The summed E-state index contributed by atoms with van der Waals surface area (Å²) in [6.07, 6.45) is 4.18. The number of phenols is 1. The molecule has 3 unspecified atom stereocenters. The molecule has 5 nitrogen and oxygen atoms in total. The van der Waals surface area contributed by atoms with Crippen LogP contribution in [-0.2, 0) is 0 Å². The number of rotatable bonds is 7. The average Bonchev–Trinajstić information content (AvgIpc) is 3.62. The summed E-state index contributed by atoms with van der Waals surface area (Å²) in [7, 11) is 1.90. The zero-order valence-electron chi connectivity index (χ0n) is 19.4. The van der Waals surface area contributed by atoms with E-state index in [1.54, 1.807) is 6.07 Å². The molecule has 1 heterocycles. The molecule has 170 valence electrons. The first kappa shape index (κ1) is 22.6. The minimum atomic E-state index is 0.00995. The Morgan fingerprint density at radius 1 is 1.12 bits per heavy atom. The molecule has 3 atom stereocenters. The Morgan fingerprint density at radius 2 is 1.84 bits per heavy atom. The Morgan fingerprint density at radius 3 is 2.47 bits per heavy atom. The van der Waals surface area contributed by atoms with Gasteiger partial charge in [-0.3, -0.25) is 14.6 Å². The van der Waals surface area contributed by atoms with E-state index in [-0.39, 0.29) is 17.7 Å². The van der Waals surface area contributed by atoms with E-state index in [0.717, 1.165) is 49.2 Å². The first-order valence-electron chi connectivity index (χ1n) is 11.7. The van der Waals surface area contributed by atoms with Crippen LogP contribution in [0.2, 0.25) is 0 Å². The molecule has 4 rings (SSSR count). The van der Waals surface area contributed by atoms with Gasteiger partial charge >= 0.3 is 0 Å². The maximum Gasteiger partial charge on any atom is 0.253 e. The molecule has 0 spiro atoms. The van der Waals surface area contributed by atoms with E-state index in [4.69, 9.17) is 0 Å². The molecule has 1 aliphatic heterocycles. The highest BCUT2D eigenvalue weighted by Crippen LogP contribution is 2.35. The van der Waals surface area contributed by atoms with Crippen molar-refractivity contribution in [3.05, 3.63) is 77.9 Å². The lowest BCUT2D eigenvalue weighted by Crippen LogP contribution is -2.57. The van der Waals surface area contributed by atoms with E-state index in [2.05, 4.69) is 48.4 Å². The van der Waals surface area contributed by atoms with Crippen molar-refractivity contribution in [2.24, 2.45) is 0 Å². The molecule has 1 amide bonds. The summed E-state index contributed by atoms with van der Waals surface area (Å²) >= 11 is 0. The van der Waals surface area contributed by atoms with Gasteiger partial charge in [-0.25, -0.2) is 0 Å². The molecule has 0 aromatic heterocycles. The number of hydrogen-bond donors (Lipinski definition) is 1. The van der Waals surface area contributed by atoms with E-state index < -0.39 is 0 Å². The van der Waals surface area contributed by atoms with Crippen molar-refractivity contribution < 1.29 is 9.90 Å². The number of nitrogens with zero attached hydrogens (tertiary/aromatic N) is 3. The lowest BCUT2D eigenvalue weighted by Gasteiger charge is -2.47. The van der Waals surface area contributed by atoms with E-state index in [9.17, 15) is 9.90 Å². The van der Waals surface area contributed by atoms with Crippen LogP contribution in [0.4, 0.5) is 0 Å². The Hall–Kier alpha value is -2.63. The summed E-state index contributed by atoms with van der Waals surface area (Å²) in [5, 5.41) is 10.2. The fourth-order valence-electron chi connectivity index (χ4n) is 4.91. The number of amides is 1. The molecule has 32 heavy (non-hydrogen) atoms. The molecule has 0 bridgehead atoms. The largest absolute Gasteiger partial charge is 0.508 e. The van der Waals surface area contributed by atoms with Crippen LogP contribution in [0, 0.1) is 0 Å². The number of benzene rings is 2. The molecule has 2 aromatic rings. The fourth-order valence-corrected chi connectivity index (χ4v) is 4.91. The first-order valence-corrected chi connectivity index (χ1v) is 11.7. The molecule has 5 heteroatoms. The van der Waals surface area contributed by atoms with E-state index >= 15 is 0 Å². The highest BCUT2D eigenvalue weighted by Gasteiger charge is 2.35. The molecule has 0 radical (unpaired) electrons. The number of hydrogen-bond acceptors (Lipinski definition) is 4. The number of piperazine rings is 1. The van der Waals surface area contributed by atoms with E-state index in [1.807, 2.05) is 42.3 Å². The van der Waals surface area contributed by atoms with Gasteiger partial charge < -0.3 is 10.0 Å². The number of carbonyl (C=O) groups is 1. The predicted octanol–water partition coefficient (Wildman–Crippen LogP) is 4.30. The molecular formula is C27H35N3O2. The standard InChI is InChI=1S/C27H35N3O2/c1-5-15-29-17-20(3)30(18-19(29)2)26(23-7-6-8-25(31)16-23)21-9-11-22(12-10-21)27(32)28(4)24-13-14-24/h5-12,16,19-20,24,26,31H,1,13-15,17-18H2,2-4H3. The van der Waals surface area contributed by atoms with Gasteiger partial charge in [-0.2, -0.15) is 0 Å². The van der Waals surface area contributed by atoms with Crippen LogP contribution in [0.3, 0.4) is 0 Å². The lowest BCUT2D eigenvalue weighted by atomic mass is 9.92. The summed E-state index contributed by atoms with van der Waals surface area (Å²) in [4.78, 5) is 19.6. The number of phenolic OH excluding ortho intramolecular Hbond substituents is 1. The quantitative estimate of drug-likeness (QED) is 0.662. The van der Waals surface area contributed by atoms with Crippen LogP contribution >= 0.6 is 0 Å². The second-order valence-corrected chi connectivity index (χ2v) is 9.40. The van der Waals surface area contributed by atoms with Gasteiger partial charge in [-0.1, -0.05) is 30.3 Å². The summed E-state index contributed by atoms with van der Waals surface area (Å²) in [5.74, 6) is 0.365. The molecule has 2 aliphatic rings. The first-order chi connectivity index (χ1) is 15.4. The van der Waals surface area contributed by atoms with Gasteiger partial charge in [-0.15, -0.1) is 6.58 Å². The minimum absolute atomic E-state index is 0.00995. The zero-order chi connectivity index (χ0) is 22.8. The molecule has 2 aromatic carbocycles. The van der Waals surface area contributed by atoms with Gasteiger partial charge in [0, 0.05) is 50.4 Å². The Labute approximate surface area is 191 Å². The maximum absolute atomic E-state index is 12.8. The third-order valence-corrected chi connectivity index (χ3v) is 6.93. The zero-order valence-corrected chi connectivity index (χ0v) is 19.4. The van der Waals surface area contributed by atoms with Gasteiger partial charge in [0.05, 0.1) is 6.04 Å². The van der Waals surface area contributed by atoms with Gasteiger partial charge in [0.2, 0.25) is 0 Å². The monoisotopic (exact) mass is 433 g/mol. The molecule has 2 fully saturated rings. The summed E-state index contributed by atoms with van der Waals surface area (Å²) in [6, 6.07) is 16.8. The van der Waals surface area contributed by atoms with Crippen molar-refractivity contribution in [2.75, 3.05) is 26.7 Å². The Balaban J connectivity index is 1.64. The van der Waals surface area contributed by atoms with Crippen molar-refractivity contribution in [3.63, 3.8) is 0 Å². The van der Waals surface area contributed by atoms with E-state index in [1.165, 1.54) is 0 Å². The van der Waals surface area contributed by atoms with Crippen molar-refractivity contribution in [3.8, 4) is 5.75 Å². The Kier molecular flexibility index (Phi) is 6.68. The van der Waals surface area contributed by atoms with Crippen LogP contribution < -0.4 is 0 Å². The maximum atomic E-state index is 12.8. The lowest BCUT2D eigenvalue weighted by molar-refractivity contribution is 0.0306. The van der Waals surface area contributed by atoms with Gasteiger partial charge in [-0.05, 0) is 62.1 Å². The smallest absolute Gasteiger partial charge is 0.253 e. The fraction of sp³-hybridized carbons (Fsp3) is 0.444. The molecule has 1 saturated carbocycles. The topological polar surface area (TPSA) is 47.0 Å². The van der Waals surface area contributed by atoms with Crippen molar-refractivity contribution in [2.45, 2.75) is 50.9 Å². The van der Waals surface area contributed by atoms with Crippen LogP contribution in [-0.4, -0.2) is 70.5 Å². The normalized spacial score (nSPS) is 23.0. The van der Waals surface area contributed by atoms with Crippen molar-refractivity contribution in [1.29, 1.82) is 0 Å². The van der Waals surface area contributed by atoms with Gasteiger partial charge in [0.1, 0.15) is 5.75 Å². The SMILES string of the molecule is C=CCN1CC(C)N(C(c2ccc(C(=O)N(C)C3CC3)cc2)c2cccc(O)c2)CC1C. The van der Waals surface area contributed by atoms with Crippen LogP contribution in [0.1, 0.15) is 54.2 Å². The third-order valence-electron chi connectivity index (χ3n) is 6.93. The number of carbonyl (C=O) groups excluding carboxylic acids is 1. The summed E-state index contributed by atoms with van der Waals surface area (Å²) in [6.45, 7) is 11.2. The summed E-state index contributed by atoms with van der Waals surface area (Å²) in [5.41, 5.74) is 2.93. The second kappa shape index (κ2) is 9.47. The van der Waals surface area contributed by atoms with Crippen LogP contribution in [0.15, 0.2) is 61.2 Å². The van der Waals surface area contributed by atoms with Crippen molar-refractivity contribution in [1.82, 2.24) is 14.7 Å². The molecule has 1 saturated heterocycles. The van der Waals surface area contributed by atoms with Crippen LogP contribution in [0.25, 0.3) is 0 Å². The highest BCUT2D eigenvalue weighted by atomic mass is 16.3.